The van der Waals surface area contributed by atoms with E-state index in [0.717, 1.165) is 25.7 Å². The van der Waals surface area contributed by atoms with Gasteiger partial charge in [0.05, 0.1) is 11.4 Å². The lowest BCUT2D eigenvalue weighted by Crippen LogP contribution is -2.37. The van der Waals surface area contributed by atoms with Gasteiger partial charge in [-0.05, 0) is 19.8 Å². The van der Waals surface area contributed by atoms with Crippen molar-refractivity contribution in [2.45, 2.75) is 76.4 Å². The average Bonchev–Trinajstić information content (AvgIpc) is 2.79. The Morgan fingerprint density at radius 2 is 1.95 bits per heavy atom. The molecule has 1 saturated carbocycles. The molecule has 0 unspecified atom stereocenters. The number of nitrogens with one attached hydrogen (secondary N) is 3. The molecule has 2 rings (SSSR count). The van der Waals surface area contributed by atoms with Crippen LogP contribution in [0.4, 0.5) is 0 Å². The first-order chi connectivity index (χ1) is 9.90. The van der Waals surface area contributed by atoms with E-state index in [-0.39, 0.29) is 12.1 Å². The summed E-state index contributed by atoms with van der Waals surface area (Å²) in [6.07, 6.45) is 5.25. The van der Waals surface area contributed by atoms with E-state index < -0.39 is 10.0 Å². The molecular weight excluding hydrogens is 288 g/mol. The first kappa shape index (κ1) is 16.5. The summed E-state index contributed by atoms with van der Waals surface area (Å²) in [5.74, 6) is 0. The van der Waals surface area contributed by atoms with Crippen LogP contribution in [0.2, 0.25) is 0 Å². The molecule has 3 N–H and O–H groups in total. The van der Waals surface area contributed by atoms with Crippen LogP contribution < -0.4 is 10.0 Å². The zero-order chi connectivity index (χ0) is 15.5. The topological polar surface area (TPSA) is 86.9 Å². The molecule has 0 aliphatic heterocycles. The Morgan fingerprint density at radius 3 is 2.57 bits per heavy atom. The number of aromatic amines is 1. The normalized spacial score (nSPS) is 17.5. The van der Waals surface area contributed by atoms with Gasteiger partial charge in [0.2, 0.25) is 10.0 Å². The minimum atomic E-state index is -3.51. The fourth-order valence-electron chi connectivity index (χ4n) is 2.75. The summed E-state index contributed by atoms with van der Waals surface area (Å²) >= 11 is 0. The van der Waals surface area contributed by atoms with E-state index >= 15 is 0 Å². The third-order valence-corrected chi connectivity index (χ3v) is 5.56. The van der Waals surface area contributed by atoms with Gasteiger partial charge in [-0.3, -0.25) is 5.10 Å². The molecule has 120 valence electrons. The van der Waals surface area contributed by atoms with E-state index in [0.29, 0.717) is 22.8 Å². The number of aromatic nitrogens is 2. The molecule has 0 amide bonds. The molecule has 0 aromatic carbocycles. The number of rotatable bonds is 6. The molecule has 0 bridgehead atoms. The van der Waals surface area contributed by atoms with Crippen molar-refractivity contribution in [2.75, 3.05) is 0 Å². The van der Waals surface area contributed by atoms with E-state index in [1.807, 2.05) is 13.8 Å². The third-order valence-electron chi connectivity index (χ3n) is 3.83. The number of hydrogen-bond donors (Lipinski definition) is 3. The summed E-state index contributed by atoms with van der Waals surface area (Å²) in [4.78, 5) is 0.307. The van der Waals surface area contributed by atoms with E-state index in [4.69, 9.17) is 0 Å². The molecule has 0 radical (unpaired) electrons. The van der Waals surface area contributed by atoms with Gasteiger partial charge in [0.15, 0.2) is 0 Å². The predicted molar refractivity (Wildman–Crippen MR) is 82.5 cm³/mol. The zero-order valence-corrected chi connectivity index (χ0v) is 13.9. The van der Waals surface area contributed by atoms with Crippen molar-refractivity contribution in [3.63, 3.8) is 0 Å². The Morgan fingerprint density at radius 1 is 1.29 bits per heavy atom. The van der Waals surface area contributed by atoms with Gasteiger partial charge in [-0.1, -0.05) is 33.1 Å². The van der Waals surface area contributed by atoms with E-state index in [1.54, 1.807) is 6.92 Å². The highest BCUT2D eigenvalue weighted by molar-refractivity contribution is 7.89. The lowest BCUT2D eigenvalue weighted by atomic mass is 9.96. The molecule has 1 aliphatic rings. The van der Waals surface area contributed by atoms with Crippen LogP contribution in [0.25, 0.3) is 0 Å². The molecule has 1 aromatic heterocycles. The maximum absolute atomic E-state index is 12.6. The van der Waals surface area contributed by atoms with Crippen molar-refractivity contribution in [1.82, 2.24) is 20.2 Å². The Balaban J connectivity index is 2.16. The van der Waals surface area contributed by atoms with Gasteiger partial charge in [-0.15, -0.1) is 0 Å². The van der Waals surface area contributed by atoms with Gasteiger partial charge in [0.25, 0.3) is 0 Å². The highest BCUT2D eigenvalue weighted by atomic mass is 32.2. The second-order valence-corrected chi connectivity index (χ2v) is 7.77. The fourth-order valence-corrected chi connectivity index (χ4v) is 4.41. The largest absolute Gasteiger partial charge is 0.309 e. The summed E-state index contributed by atoms with van der Waals surface area (Å²) in [7, 11) is -3.51. The highest BCUT2D eigenvalue weighted by Crippen LogP contribution is 2.22. The highest BCUT2D eigenvalue weighted by Gasteiger charge is 2.27. The number of H-pyrrole nitrogens is 1. The summed E-state index contributed by atoms with van der Waals surface area (Å²) in [5, 5.41) is 10.2. The molecule has 1 aromatic rings. The van der Waals surface area contributed by atoms with E-state index in [2.05, 4.69) is 20.2 Å². The summed E-state index contributed by atoms with van der Waals surface area (Å²) in [6, 6.07) is 0.341. The molecular formula is C14H26N4O2S. The van der Waals surface area contributed by atoms with Crippen LogP contribution in [0, 0.1) is 6.92 Å². The lowest BCUT2D eigenvalue weighted by Gasteiger charge is -2.22. The van der Waals surface area contributed by atoms with Crippen molar-refractivity contribution in [1.29, 1.82) is 0 Å². The van der Waals surface area contributed by atoms with Crippen molar-refractivity contribution in [3.05, 3.63) is 11.4 Å². The summed E-state index contributed by atoms with van der Waals surface area (Å²) in [5.41, 5.74) is 1.16. The number of aryl methyl sites for hydroxylation is 1. The number of sulfonamides is 1. The summed E-state index contributed by atoms with van der Waals surface area (Å²) < 4.78 is 28.1. The Hall–Kier alpha value is -0.920. The quantitative estimate of drug-likeness (QED) is 0.747. The molecule has 21 heavy (non-hydrogen) atoms. The van der Waals surface area contributed by atoms with Gasteiger partial charge in [-0.2, -0.15) is 5.10 Å². The average molecular weight is 314 g/mol. The van der Waals surface area contributed by atoms with Gasteiger partial charge in [-0.25, -0.2) is 13.1 Å². The van der Waals surface area contributed by atoms with Gasteiger partial charge in [0.1, 0.15) is 4.90 Å². The second-order valence-electron chi connectivity index (χ2n) is 6.12. The first-order valence-corrected chi connectivity index (χ1v) is 9.18. The molecule has 1 aliphatic carbocycles. The maximum atomic E-state index is 12.6. The van der Waals surface area contributed by atoms with Gasteiger partial charge >= 0.3 is 0 Å². The lowest BCUT2D eigenvalue weighted by molar-refractivity contribution is 0.412. The summed E-state index contributed by atoms with van der Waals surface area (Å²) in [6.45, 7) is 6.24. The zero-order valence-electron chi connectivity index (χ0n) is 13.1. The minimum absolute atomic E-state index is 0.0592. The van der Waals surface area contributed by atoms with Crippen LogP contribution in [-0.4, -0.2) is 30.7 Å². The predicted octanol–water partition coefficient (Wildman–Crippen LogP) is 1.83. The molecule has 7 heteroatoms. The molecule has 6 nitrogen and oxygen atoms in total. The van der Waals surface area contributed by atoms with Gasteiger partial charge < -0.3 is 5.32 Å². The SMILES string of the molecule is Cc1[nH]nc(CNC(C)C)c1S(=O)(=O)NC1CCCCC1. The Kier molecular flexibility index (Phi) is 5.40. The van der Waals surface area contributed by atoms with Crippen LogP contribution in [0.1, 0.15) is 57.3 Å². The number of hydrogen-bond acceptors (Lipinski definition) is 4. The van der Waals surface area contributed by atoms with Gasteiger partial charge in [0, 0.05) is 18.6 Å². The standard InChI is InChI=1S/C14H26N4O2S/c1-10(2)15-9-13-14(11(3)16-17-13)21(19,20)18-12-7-5-4-6-8-12/h10,12,15,18H,4-9H2,1-3H3,(H,16,17). The van der Waals surface area contributed by atoms with Crippen molar-refractivity contribution in [2.24, 2.45) is 0 Å². The first-order valence-electron chi connectivity index (χ1n) is 7.69. The van der Waals surface area contributed by atoms with Crippen molar-refractivity contribution in [3.8, 4) is 0 Å². The van der Waals surface area contributed by atoms with Crippen LogP contribution in [0.5, 0.6) is 0 Å². The molecule has 0 saturated heterocycles. The minimum Gasteiger partial charge on any atom is -0.309 e. The smallest absolute Gasteiger partial charge is 0.244 e. The third kappa shape index (κ3) is 4.28. The van der Waals surface area contributed by atoms with Crippen molar-refractivity contribution < 1.29 is 8.42 Å². The second kappa shape index (κ2) is 6.89. The van der Waals surface area contributed by atoms with E-state index in [1.165, 1.54) is 6.42 Å². The van der Waals surface area contributed by atoms with Crippen LogP contribution in [0.15, 0.2) is 4.90 Å². The Labute approximate surface area is 127 Å². The Bertz CT molecular complexity index is 560. The number of nitrogens with zero attached hydrogens (tertiary/aromatic N) is 1. The van der Waals surface area contributed by atoms with E-state index in [9.17, 15) is 8.42 Å². The monoisotopic (exact) mass is 314 g/mol. The molecule has 0 atom stereocenters. The maximum Gasteiger partial charge on any atom is 0.244 e. The van der Waals surface area contributed by atoms with Crippen LogP contribution in [-0.2, 0) is 16.6 Å². The van der Waals surface area contributed by atoms with Crippen LogP contribution in [0.3, 0.4) is 0 Å². The molecule has 0 spiro atoms. The molecule has 1 fully saturated rings. The molecule has 1 heterocycles. The van der Waals surface area contributed by atoms with Crippen LogP contribution >= 0.6 is 0 Å². The van der Waals surface area contributed by atoms with Crippen molar-refractivity contribution >= 4 is 10.0 Å². The fraction of sp³-hybridized carbons (Fsp3) is 0.786.